The maximum absolute atomic E-state index is 12.6. The van der Waals surface area contributed by atoms with Crippen LogP contribution in [-0.2, 0) is 4.79 Å². The smallest absolute Gasteiger partial charge is 0.171 e. The normalized spacial score (nSPS) is 13.9. The van der Waals surface area contributed by atoms with Crippen LogP contribution in [0.2, 0.25) is 0 Å². The number of aliphatic hydroxyl groups is 3. The van der Waals surface area contributed by atoms with E-state index in [0.29, 0.717) is 6.42 Å². The first-order valence-electron chi connectivity index (χ1n) is 18.6. The number of hydrogen-bond acceptors (Lipinski definition) is 4. The van der Waals surface area contributed by atoms with Gasteiger partial charge in [-0.25, -0.2) is 0 Å². The van der Waals surface area contributed by atoms with Crippen molar-refractivity contribution in [3.05, 3.63) is 0 Å². The van der Waals surface area contributed by atoms with E-state index in [4.69, 9.17) is 0 Å². The van der Waals surface area contributed by atoms with Crippen LogP contribution < -0.4 is 0 Å². The van der Waals surface area contributed by atoms with Crippen LogP contribution in [0.1, 0.15) is 213 Å². The van der Waals surface area contributed by atoms with Gasteiger partial charge < -0.3 is 15.3 Å². The zero-order valence-corrected chi connectivity index (χ0v) is 28.0. The maximum atomic E-state index is 12.6. The Kier molecular flexibility index (Phi) is 30.6. The molecule has 2 unspecified atom stereocenters. The van der Waals surface area contributed by atoms with Crippen LogP contribution in [0.4, 0.5) is 0 Å². The Morgan fingerprint density at radius 3 is 1.05 bits per heavy atom. The third-order valence-corrected chi connectivity index (χ3v) is 9.11. The zero-order valence-electron chi connectivity index (χ0n) is 28.0. The molecule has 0 spiro atoms. The molecule has 0 rings (SSSR count). The van der Waals surface area contributed by atoms with Gasteiger partial charge in [-0.3, -0.25) is 4.79 Å². The van der Waals surface area contributed by atoms with E-state index in [0.717, 1.165) is 38.5 Å². The molecule has 0 aliphatic carbocycles. The molecule has 0 saturated carbocycles. The Morgan fingerprint density at radius 1 is 0.488 bits per heavy atom. The van der Waals surface area contributed by atoms with Crippen molar-refractivity contribution in [1.82, 2.24) is 0 Å². The van der Waals surface area contributed by atoms with E-state index in [9.17, 15) is 20.1 Å². The molecule has 0 saturated heterocycles. The number of hydrogen-bond donors (Lipinski definition) is 3. The van der Waals surface area contributed by atoms with Crippen LogP contribution in [-0.4, -0.2) is 39.4 Å². The average Bonchev–Trinajstić information content (AvgIpc) is 2.98. The third kappa shape index (κ3) is 24.7. The van der Waals surface area contributed by atoms with Gasteiger partial charge in [-0.15, -0.1) is 0 Å². The van der Waals surface area contributed by atoms with E-state index in [1.807, 2.05) is 0 Å². The van der Waals surface area contributed by atoms with Crippen molar-refractivity contribution in [2.45, 2.75) is 225 Å². The second kappa shape index (κ2) is 31.0. The second-order valence-corrected chi connectivity index (χ2v) is 13.1. The summed E-state index contributed by atoms with van der Waals surface area (Å²) in [4.78, 5) is 12.6. The lowest BCUT2D eigenvalue weighted by Crippen LogP contribution is -2.52. The number of rotatable bonds is 34. The monoisotopic (exact) mass is 583 g/mol. The first-order valence-corrected chi connectivity index (χ1v) is 18.6. The summed E-state index contributed by atoms with van der Waals surface area (Å²) in [6.45, 7) is 3.84. The molecule has 3 N–H and O–H groups in total. The Labute approximate surface area is 256 Å². The van der Waals surface area contributed by atoms with E-state index >= 15 is 0 Å². The molecule has 4 heteroatoms. The summed E-state index contributed by atoms with van der Waals surface area (Å²) in [5.74, 6) is -0.396. The van der Waals surface area contributed by atoms with Gasteiger partial charge in [0.25, 0.3) is 0 Å². The molecule has 0 aromatic heterocycles. The number of unbranched alkanes of at least 4 members (excludes halogenated alkanes) is 27. The van der Waals surface area contributed by atoms with Gasteiger partial charge in [0, 0.05) is 6.42 Å². The molecule has 0 aliphatic heterocycles. The highest BCUT2D eigenvalue weighted by molar-refractivity contribution is 5.87. The highest BCUT2D eigenvalue weighted by Gasteiger charge is 2.41. The van der Waals surface area contributed by atoms with Crippen LogP contribution in [0.3, 0.4) is 0 Å². The van der Waals surface area contributed by atoms with Crippen LogP contribution in [0.5, 0.6) is 0 Å². The molecule has 41 heavy (non-hydrogen) atoms. The fourth-order valence-corrected chi connectivity index (χ4v) is 6.02. The minimum Gasteiger partial charge on any atom is -0.393 e. The highest BCUT2D eigenvalue weighted by Crippen LogP contribution is 2.22. The highest BCUT2D eigenvalue weighted by atomic mass is 16.4. The lowest BCUT2D eigenvalue weighted by atomic mass is 9.86. The van der Waals surface area contributed by atoms with E-state index in [1.54, 1.807) is 0 Å². The Balaban J connectivity index is 3.67. The van der Waals surface area contributed by atoms with Crippen molar-refractivity contribution in [3.63, 3.8) is 0 Å². The SMILES string of the molecule is CCCCCCCCCCCCCCCCCCC(O)C(O)(CO)C(=O)CCCCCCCCCCCCCCC. The lowest BCUT2D eigenvalue weighted by molar-refractivity contribution is -0.158. The van der Waals surface area contributed by atoms with Gasteiger partial charge in [0.05, 0.1) is 12.7 Å². The first-order chi connectivity index (χ1) is 20.0. The van der Waals surface area contributed by atoms with Gasteiger partial charge in [0.15, 0.2) is 11.4 Å². The number of carbonyl (C=O) groups is 1. The van der Waals surface area contributed by atoms with Crippen LogP contribution in [0, 0.1) is 0 Å². The van der Waals surface area contributed by atoms with Crippen molar-refractivity contribution >= 4 is 5.78 Å². The maximum Gasteiger partial charge on any atom is 0.171 e. The first kappa shape index (κ1) is 40.5. The van der Waals surface area contributed by atoms with Crippen LogP contribution in [0.25, 0.3) is 0 Å². The van der Waals surface area contributed by atoms with Gasteiger partial charge in [-0.05, 0) is 12.8 Å². The van der Waals surface area contributed by atoms with E-state index < -0.39 is 24.1 Å². The minimum absolute atomic E-state index is 0.241. The van der Waals surface area contributed by atoms with Crippen LogP contribution >= 0.6 is 0 Å². The fourth-order valence-electron chi connectivity index (χ4n) is 6.02. The van der Waals surface area contributed by atoms with Gasteiger partial charge in [-0.1, -0.05) is 194 Å². The number of ketones is 1. The summed E-state index contributed by atoms with van der Waals surface area (Å²) in [7, 11) is 0. The predicted octanol–water partition coefficient (Wildman–Crippen LogP) is 10.8. The largest absolute Gasteiger partial charge is 0.393 e. The van der Waals surface area contributed by atoms with Gasteiger partial charge in [0.2, 0.25) is 0 Å². The third-order valence-electron chi connectivity index (χ3n) is 9.11. The van der Waals surface area contributed by atoms with E-state index in [-0.39, 0.29) is 6.42 Å². The van der Waals surface area contributed by atoms with Gasteiger partial charge >= 0.3 is 0 Å². The summed E-state index contributed by atoms with van der Waals surface area (Å²) in [6, 6.07) is 0. The molecule has 0 fully saturated rings. The predicted molar refractivity (Wildman–Crippen MR) is 178 cm³/mol. The number of Topliss-reactive ketones (excluding diaryl/α,β-unsaturated/α-hetero) is 1. The van der Waals surface area contributed by atoms with E-state index in [1.165, 1.54) is 148 Å². The quantitative estimate of drug-likeness (QED) is 0.0659. The van der Waals surface area contributed by atoms with Crippen molar-refractivity contribution < 1.29 is 20.1 Å². The Bertz CT molecular complexity index is 537. The summed E-state index contributed by atoms with van der Waals surface area (Å²) in [6.07, 6.45) is 36.2. The van der Waals surface area contributed by atoms with E-state index in [2.05, 4.69) is 13.8 Å². The van der Waals surface area contributed by atoms with Gasteiger partial charge in [0.1, 0.15) is 0 Å². The Hall–Kier alpha value is -0.450. The summed E-state index contributed by atoms with van der Waals surface area (Å²) in [5, 5.41) is 31.0. The van der Waals surface area contributed by atoms with Crippen LogP contribution in [0.15, 0.2) is 0 Å². The Morgan fingerprint density at radius 2 is 0.756 bits per heavy atom. The molecule has 0 aromatic carbocycles. The van der Waals surface area contributed by atoms with Crippen molar-refractivity contribution in [3.8, 4) is 0 Å². The molecule has 0 aliphatic rings. The summed E-state index contributed by atoms with van der Waals surface area (Å²) < 4.78 is 0. The van der Waals surface area contributed by atoms with Gasteiger partial charge in [-0.2, -0.15) is 0 Å². The second-order valence-electron chi connectivity index (χ2n) is 13.1. The standard InChI is InChI=1S/C37H74O4/c1-3-5-7-9-11-13-15-17-18-19-21-23-25-27-29-31-33-36(40)37(41,34-38)35(39)32-30-28-26-24-22-20-16-14-12-10-8-6-4-2/h36,38,40-41H,3-34H2,1-2H3. The molecule has 0 heterocycles. The molecule has 0 aromatic rings. The summed E-state index contributed by atoms with van der Waals surface area (Å²) in [5.41, 5.74) is -1.99. The molecule has 2 atom stereocenters. The zero-order chi connectivity index (χ0) is 30.3. The lowest BCUT2D eigenvalue weighted by Gasteiger charge is -2.30. The van der Waals surface area contributed by atoms with Crippen molar-refractivity contribution in [1.29, 1.82) is 0 Å². The average molecular weight is 583 g/mol. The number of carbonyl (C=O) groups excluding carboxylic acids is 1. The topological polar surface area (TPSA) is 77.8 Å². The minimum atomic E-state index is -1.99. The molecule has 0 bridgehead atoms. The summed E-state index contributed by atoms with van der Waals surface area (Å²) >= 11 is 0. The molecule has 4 nitrogen and oxygen atoms in total. The molecular weight excluding hydrogens is 508 g/mol. The molecule has 0 radical (unpaired) electrons. The fraction of sp³-hybridized carbons (Fsp3) is 0.973. The van der Waals surface area contributed by atoms with Crippen molar-refractivity contribution in [2.24, 2.45) is 0 Å². The molecular formula is C37H74O4. The molecule has 0 amide bonds. The molecule has 246 valence electrons. The van der Waals surface area contributed by atoms with Crippen molar-refractivity contribution in [2.75, 3.05) is 6.61 Å². The number of aliphatic hydroxyl groups excluding tert-OH is 2.